The molecule has 0 bridgehead atoms. The van der Waals surface area contributed by atoms with E-state index in [1.54, 1.807) is 7.11 Å². The molecule has 1 heterocycles. The SMILES string of the molecule is CCCc1c(OC)oc2ccc(OCO)c(-c3ccccc3)c12. The summed E-state index contributed by atoms with van der Waals surface area (Å²) in [5, 5.41) is 10.2. The Morgan fingerprint density at radius 1 is 1.09 bits per heavy atom. The molecule has 2 aromatic carbocycles. The average molecular weight is 312 g/mol. The molecule has 0 unspecified atom stereocenters. The molecule has 120 valence electrons. The molecule has 0 spiro atoms. The van der Waals surface area contributed by atoms with Gasteiger partial charge in [-0.1, -0.05) is 43.7 Å². The van der Waals surface area contributed by atoms with Gasteiger partial charge in [0.2, 0.25) is 0 Å². The lowest BCUT2D eigenvalue weighted by Gasteiger charge is -2.12. The summed E-state index contributed by atoms with van der Waals surface area (Å²) in [7, 11) is 1.62. The topological polar surface area (TPSA) is 51.8 Å². The molecule has 0 radical (unpaired) electrons. The summed E-state index contributed by atoms with van der Waals surface area (Å²) in [5.74, 6) is 1.17. The standard InChI is InChI=1S/C19H20O4/c1-3-7-14-18-16(23-19(14)21-2)11-10-15(22-12-20)17(18)13-8-5-4-6-9-13/h4-6,8-11,20H,3,7,12H2,1-2H3. The number of benzene rings is 2. The van der Waals surface area contributed by atoms with Crippen molar-refractivity contribution in [3.05, 3.63) is 48.0 Å². The summed E-state index contributed by atoms with van der Waals surface area (Å²) in [6.07, 6.45) is 1.82. The fourth-order valence-electron chi connectivity index (χ4n) is 2.94. The van der Waals surface area contributed by atoms with E-state index in [0.29, 0.717) is 11.7 Å². The Morgan fingerprint density at radius 2 is 1.87 bits per heavy atom. The van der Waals surface area contributed by atoms with Crippen LogP contribution in [0.5, 0.6) is 11.7 Å². The van der Waals surface area contributed by atoms with E-state index in [2.05, 4.69) is 6.92 Å². The first-order valence-electron chi connectivity index (χ1n) is 7.71. The van der Waals surface area contributed by atoms with Crippen LogP contribution in [0.3, 0.4) is 0 Å². The Balaban J connectivity index is 2.35. The predicted molar refractivity (Wildman–Crippen MR) is 89.9 cm³/mol. The summed E-state index contributed by atoms with van der Waals surface area (Å²) in [4.78, 5) is 0. The Bertz CT molecular complexity index is 790. The van der Waals surface area contributed by atoms with Gasteiger partial charge in [0.25, 0.3) is 5.95 Å². The molecule has 23 heavy (non-hydrogen) atoms. The van der Waals surface area contributed by atoms with Gasteiger partial charge in [-0.2, -0.15) is 0 Å². The number of methoxy groups -OCH3 is 1. The highest BCUT2D eigenvalue weighted by Crippen LogP contribution is 2.43. The first-order valence-corrected chi connectivity index (χ1v) is 7.71. The zero-order chi connectivity index (χ0) is 16.2. The minimum absolute atomic E-state index is 0.372. The number of furan rings is 1. The van der Waals surface area contributed by atoms with Crippen molar-refractivity contribution < 1.29 is 19.0 Å². The van der Waals surface area contributed by atoms with Crippen molar-refractivity contribution in [1.29, 1.82) is 0 Å². The number of aliphatic hydroxyl groups is 1. The minimum atomic E-state index is -0.372. The van der Waals surface area contributed by atoms with Crippen molar-refractivity contribution in [2.45, 2.75) is 19.8 Å². The van der Waals surface area contributed by atoms with Crippen LogP contribution in [-0.4, -0.2) is 19.0 Å². The number of fused-ring (bicyclic) bond motifs is 1. The van der Waals surface area contributed by atoms with E-state index in [1.165, 1.54) is 0 Å². The molecule has 4 heteroatoms. The van der Waals surface area contributed by atoms with Crippen LogP contribution in [0.15, 0.2) is 46.9 Å². The van der Waals surface area contributed by atoms with Crippen molar-refractivity contribution in [3.8, 4) is 22.8 Å². The van der Waals surface area contributed by atoms with Gasteiger partial charge in [-0.25, -0.2) is 0 Å². The van der Waals surface area contributed by atoms with E-state index >= 15 is 0 Å². The van der Waals surface area contributed by atoms with Crippen molar-refractivity contribution in [2.75, 3.05) is 13.9 Å². The van der Waals surface area contributed by atoms with E-state index in [-0.39, 0.29) is 6.79 Å². The number of hydrogen-bond donors (Lipinski definition) is 1. The molecular formula is C19H20O4. The van der Waals surface area contributed by atoms with Crippen LogP contribution in [0, 0.1) is 0 Å². The van der Waals surface area contributed by atoms with Crippen LogP contribution in [0.1, 0.15) is 18.9 Å². The molecule has 0 atom stereocenters. The second-order valence-electron chi connectivity index (χ2n) is 5.27. The van der Waals surface area contributed by atoms with Crippen LogP contribution in [0.2, 0.25) is 0 Å². The zero-order valence-electron chi connectivity index (χ0n) is 13.3. The number of aliphatic hydroxyl groups excluding tert-OH is 1. The van der Waals surface area contributed by atoms with Gasteiger partial charge in [0.1, 0.15) is 11.3 Å². The van der Waals surface area contributed by atoms with E-state index < -0.39 is 0 Å². The number of ether oxygens (including phenoxy) is 2. The van der Waals surface area contributed by atoms with Crippen LogP contribution in [0.25, 0.3) is 22.1 Å². The molecule has 0 amide bonds. The molecule has 3 rings (SSSR count). The van der Waals surface area contributed by atoms with E-state index in [4.69, 9.17) is 13.9 Å². The molecule has 0 saturated carbocycles. The molecule has 0 fully saturated rings. The van der Waals surface area contributed by atoms with Gasteiger partial charge in [0.05, 0.1) is 7.11 Å². The third-order valence-corrected chi connectivity index (χ3v) is 3.85. The quantitative estimate of drug-likeness (QED) is 0.686. The smallest absolute Gasteiger partial charge is 0.288 e. The van der Waals surface area contributed by atoms with E-state index in [9.17, 15) is 5.11 Å². The van der Waals surface area contributed by atoms with E-state index in [1.807, 2.05) is 42.5 Å². The Kier molecular flexibility index (Phi) is 4.53. The molecule has 0 saturated heterocycles. The van der Waals surface area contributed by atoms with Gasteiger partial charge in [0, 0.05) is 16.5 Å². The summed E-state index contributed by atoms with van der Waals surface area (Å²) < 4.78 is 16.7. The maximum Gasteiger partial charge on any atom is 0.288 e. The number of rotatable bonds is 6. The van der Waals surface area contributed by atoms with Crippen LogP contribution in [0.4, 0.5) is 0 Å². The molecule has 1 N–H and O–H groups in total. The fraction of sp³-hybridized carbons (Fsp3) is 0.263. The summed E-state index contributed by atoms with van der Waals surface area (Å²) in [5.41, 5.74) is 3.73. The molecule has 1 aromatic heterocycles. The lowest BCUT2D eigenvalue weighted by molar-refractivity contribution is 0.0992. The Labute approximate surface area is 135 Å². The van der Waals surface area contributed by atoms with Gasteiger partial charge in [-0.3, -0.25) is 0 Å². The molecule has 3 aromatic rings. The van der Waals surface area contributed by atoms with Crippen molar-refractivity contribution in [3.63, 3.8) is 0 Å². The zero-order valence-corrected chi connectivity index (χ0v) is 13.3. The fourth-order valence-corrected chi connectivity index (χ4v) is 2.94. The molecule has 0 aliphatic heterocycles. The Morgan fingerprint density at radius 3 is 2.52 bits per heavy atom. The van der Waals surface area contributed by atoms with Crippen molar-refractivity contribution in [1.82, 2.24) is 0 Å². The van der Waals surface area contributed by atoms with Crippen molar-refractivity contribution in [2.24, 2.45) is 0 Å². The van der Waals surface area contributed by atoms with E-state index in [0.717, 1.165) is 40.5 Å². The van der Waals surface area contributed by atoms with Gasteiger partial charge >= 0.3 is 0 Å². The summed E-state index contributed by atoms with van der Waals surface area (Å²) in [6.45, 7) is 1.75. The van der Waals surface area contributed by atoms with Gasteiger partial charge in [-0.05, 0) is 24.1 Å². The highest BCUT2D eigenvalue weighted by molar-refractivity contribution is 6.00. The van der Waals surface area contributed by atoms with Crippen molar-refractivity contribution >= 4 is 11.0 Å². The van der Waals surface area contributed by atoms with Crippen LogP contribution in [-0.2, 0) is 6.42 Å². The normalized spacial score (nSPS) is 10.9. The molecular weight excluding hydrogens is 292 g/mol. The number of aryl methyl sites for hydroxylation is 1. The third-order valence-electron chi connectivity index (χ3n) is 3.85. The number of hydrogen-bond acceptors (Lipinski definition) is 4. The van der Waals surface area contributed by atoms with Gasteiger partial charge in [-0.15, -0.1) is 0 Å². The molecule has 0 aliphatic rings. The predicted octanol–water partition coefficient (Wildman–Crippen LogP) is 4.39. The molecule has 0 aliphatic carbocycles. The first kappa shape index (κ1) is 15.4. The molecule has 4 nitrogen and oxygen atoms in total. The summed E-state index contributed by atoms with van der Waals surface area (Å²) in [6, 6.07) is 13.6. The monoisotopic (exact) mass is 312 g/mol. The lowest BCUT2D eigenvalue weighted by atomic mass is 9.96. The summed E-state index contributed by atoms with van der Waals surface area (Å²) >= 11 is 0. The second-order valence-corrected chi connectivity index (χ2v) is 5.27. The highest BCUT2D eigenvalue weighted by Gasteiger charge is 2.21. The third kappa shape index (κ3) is 2.78. The van der Waals surface area contributed by atoms with Crippen LogP contribution >= 0.6 is 0 Å². The maximum absolute atomic E-state index is 9.22. The lowest BCUT2D eigenvalue weighted by Crippen LogP contribution is -1.98. The highest BCUT2D eigenvalue weighted by atomic mass is 16.6. The first-order chi connectivity index (χ1) is 11.3. The minimum Gasteiger partial charge on any atom is -0.468 e. The van der Waals surface area contributed by atoms with Gasteiger partial charge < -0.3 is 19.0 Å². The maximum atomic E-state index is 9.22. The second kappa shape index (κ2) is 6.75. The van der Waals surface area contributed by atoms with Crippen LogP contribution < -0.4 is 9.47 Å². The Hall–Kier alpha value is -2.46. The van der Waals surface area contributed by atoms with Gasteiger partial charge in [0.15, 0.2) is 6.79 Å². The largest absolute Gasteiger partial charge is 0.468 e. The average Bonchev–Trinajstić information content (AvgIpc) is 2.94.